The normalized spacial score (nSPS) is 14.2. The van der Waals surface area contributed by atoms with E-state index >= 15 is 0 Å². The molecule has 0 saturated heterocycles. The summed E-state index contributed by atoms with van der Waals surface area (Å²) in [5, 5.41) is 3.51. The molecular weight excluding hydrogens is 326 g/mol. The van der Waals surface area contributed by atoms with Crippen LogP contribution in [0.25, 0.3) is 0 Å². The second-order valence-corrected chi connectivity index (χ2v) is 6.27. The quantitative estimate of drug-likeness (QED) is 0.900. The van der Waals surface area contributed by atoms with Crippen LogP contribution in [0.15, 0.2) is 42.5 Å². The fourth-order valence-electron chi connectivity index (χ4n) is 2.88. The fourth-order valence-corrected chi connectivity index (χ4v) is 3.08. The van der Waals surface area contributed by atoms with Gasteiger partial charge < -0.3 is 10.1 Å². The number of ketones is 1. The number of halogens is 1. The SMILES string of the molecule is CC(NC(=O)COc1cccc2c1CCC2=O)c1cccc(Cl)c1. The lowest BCUT2D eigenvalue weighted by atomic mass is 10.1. The third-order valence-electron chi connectivity index (χ3n) is 4.12. The van der Waals surface area contributed by atoms with E-state index in [1.165, 1.54) is 0 Å². The topological polar surface area (TPSA) is 55.4 Å². The van der Waals surface area contributed by atoms with Crippen molar-refractivity contribution in [2.24, 2.45) is 0 Å². The number of rotatable bonds is 5. The molecule has 1 aliphatic rings. The van der Waals surface area contributed by atoms with Gasteiger partial charge in [0.25, 0.3) is 5.91 Å². The van der Waals surface area contributed by atoms with Crippen LogP contribution in [0.4, 0.5) is 0 Å². The molecule has 5 heteroatoms. The fraction of sp³-hybridized carbons (Fsp3) is 0.263. The van der Waals surface area contributed by atoms with Gasteiger partial charge in [-0.1, -0.05) is 35.9 Å². The molecule has 124 valence electrons. The van der Waals surface area contributed by atoms with Crippen molar-refractivity contribution >= 4 is 23.3 Å². The lowest BCUT2D eigenvalue weighted by molar-refractivity contribution is -0.123. The zero-order chi connectivity index (χ0) is 17.1. The van der Waals surface area contributed by atoms with Crippen LogP contribution in [-0.4, -0.2) is 18.3 Å². The van der Waals surface area contributed by atoms with Crippen molar-refractivity contribution in [1.29, 1.82) is 0 Å². The number of amides is 1. The Morgan fingerprint density at radius 1 is 1.25 bits per heavy atom. The smallest absolute Gasteiger partial charge is 0.258 e. The first-order valence-electron chi connectivity index (χ1n) is 7.87. The zero-order valence-electron chi connectivity index (χ0n) is 13.3. The number of fused-ring (bicyclic) bond motifs is 1. The van der Waals surface area contributed by atoms with Gasteiger partial charge in [-0.25, -0.2) is 0 Å². The summed E-state index contributed by atoms with van der Waals surface area (Å²) in [5.41, 5.74) is 2.54. The number of Topliss-reactive ketones (excluding diaryl/α,β-unsaturated/α-hetero) is 1. The van der Waals surface area contributed by atoms with Crippen LogP contribution in [0.1, 0.15) is 40.9 Å². The monoisotopic (exact) mass is 343 g/mol. The summed E-state index contributed by atoms with van der Waals surface area (Å²) in [4.78, 5) is 23.9. The largest absolute Gasteiger partial charge is 0.483 e. The van der Waals surface area contributed by atoms with Gasteiger partial charge in [-0.15, -0.1) is 0 Å². The van der Waals surface area contributed by atoms with Crippen molar-refractivity contribution in [1.82, 2.24) is 5.32 Å². The summed E-state index contributed by atoms with van der Waals surface area (Å²) < 4.78 is 5.63. The standard InChI is InChI=1S/C19H18ClNO3/c1-12(13-4-2-5-14(20)10-13)21-19(23)11-24-18-7-3-6-15-16(18)8-9-17(15)22/h2-7,10,12H,8-9,11H2,1H3,(H,21,23). The number of benzene rings is 2. The molecule has 0 saturated carbocycles. The second kappa shape index (κ2) is 7.05. The number of nitrogens with one attached hydrogen (secondary N) is 1. The molecule has 0 fully saturated rings. The van der Waals surface area contributed by atoms with Crippen LogP contribution in [-0.2, 0) is 11.2 Å². The molecule has 1 N–H and O–H groups in total. The van der Waals surface area contributed by atoms with Crippen LogP contribution >= 0.6 is 11.6 Å². The molecule has 1 atom stereocenters. The number of carbonyl (C=O) groups is 2. The van der Waals surface area contributed by atoms with Crippen molar-refractivity contribution in [3.63, 3.8) is 0 Å². The van der Waals surface area contributed by atoms with Crippen LogP contribution < -0.4 is 10.1 Å². The van der Waals surface area contributed by atoms with E-state index in [0.29, 0.717) is 29.2 Å². The van der Waals surface area contributed by atoms with E-state index < -0.39 is 0 Å². The van der Waals surface area contributed by atoms with Gasteiger partial charge in [0.1, 0.15) is 5.75 Å². The first kappa shape index (κ1) is 16.5. The molecule has 1 unspecified atom stereocenters. The minimum atomic E-state index is -0.218. The van der Waals surface area contributed by atoms with Crippen molar-refractivity contribution in [3.8, 4) is 5.75 Å². The van der Waals surface area contributed by atoms with Gasteiger partial charge in [-0.3, -0.25) is 9.59 Å². The predicted molar refractivity (Wildman–Crippen MR) is 92.6 cm³/mol. The van der Waals surface area contributed by atoms with Gasteiger partial charge in [0.05, 0.1) is 6.04 Å². The predicted octanol–water partition coefficient (Wildman–Crippen LogP) is 3.73. The van der Waals surface area contributed by atoms with E-state index in [9.17, 15) is 9.59 Å². The average Bonchev–Trinajstić information content (AvgIpc) is 2.95. The minimum Gasteiger partial charge on any atom is -0.483 e. The van der Waals surface area contributed by atoms with Crippen LogP contribution in [0.3, 0.4) is 0 Å². The number of ether oxygens (including phenoxy) is 1. The third kappa shape index (κ3) is 3.60. The van der Waals surface area contributed by atoms with E-state index in [2.05, 4.69) is 5.32 Å². The lowest BCUT2D eigenvalue weighted by Gasteiger charge is -2.15. The highest BCUT2D eigenvalue weighted by molar-refractivity contribution is 6.30. The summed E-state index contributed by atoms with van der Waals surface area (Å²) >= 11 is 5.97. The molecule has 4 nitrogen and oxygen atoms in total. The molecular formula is C19H18ClNO3. The number of hydrogen-bond acceptors (Lipinski definition) is 3. The summed E-state index contributed by atoms with van der Waals surface area (Å²) in [5.74, 6) is 0.530. The van der Waals surface area contributed by atoms with Crippen LogP contribution in [0.2, 0.25) is 5.02 Å². The molecule has 1 aliphatic carbocycles. The third-order valence-corrected chi connectivity index (χ3v) is 4.36. The minimum absolute atomic E-state index is 0.0877. The van der Waals surface area contributed by atoms with Crippen molar-refractivity contribution in [2.45, 2.75) is 25.8 Å². The highest BCUT2D eigenvalue weighted by Crippen LogP contribution is 2.30. The summed E-state index contributed by atoms with van der Waals surface area (Å²) in [6.45, 7) is 1.80. The molecule has 24 heavy (non-hydrogen) atoms. The Labute approximate surface area is 145 Å². The molecule has 0 bridgehead atoms. The number of hydrogen-bond donors (Lipinski definition) is 1. The van der Waals surface area contributed by atoms with Crippen molar-refractivity contribution < 1.29 is 14.3 Å². The Morgan fingerprint density at radius 2 is 2.04 bits per heavy atom. The lowest BCUT2D eigenvalue weighted by Crippen LogP contribution is -2.31. The Hall–Kier alpha value is -2.33. The number of carbonyl (C=O) groups excluding carboxylic acids is 2. The highest BCUT2D eigenvalue weighted by Gasteiger charge is 2.23. The maximum absolute atomic E-state index is 12.1. The maximum atomic E-state index is 12.1. The molecule has 0 aromatic heterocycles. The van der Waals surface area contributed by atoms with Gasteiger partial charge in [-0.05, 0) is 37.1 Å². The summed E-state index contributed by atoms with van der Waals surface area (Å²) in [6, 6.07) is 12.6. The molecule has 3 rings (SSSR count). The van der Waals surface area contributed by atoms with E-state index in [4.69, 9.17) is 16.3 Å². The van der Waals surface area contributed by atoms with Crippen LogP contribution in [0.5, 0.6) is 5.75 Å². The van der Waals surface area contributed by atoms with Crippen LogP contribution in [0, 0.1) is 0 Å². The van der Waals surface area contributed by atoms with Crippen molar-refractivity contribution in [3.05, 3.63) is 64.2 Å². The second-order valence-electron chi connectivity index (χ2n) is 5.84. The highest BCUT2D eigenvalue weighted by atomic mass is 35.5. The Morgan fingerprint density at radius 3 is 2.83 bits per heavy atom. The molecule has 0 aliphatic heterocycles. The van der Waals surface area contributed by atoms with Gasteiger partial charge in [0.15, 0.2) is 12.4 Å². The van der Waals surface area contributed by atoms with Gasteiger partial charge in [0, 0.05) is 22.6 Å². The Balaban J connectivity index is 1.60. The van der Waals surface area contributed by atoms with E-state index in [-0.39, 0.29) is 24.3 Å². The molecule has 0 heterocycles. The molecule has 2 aromatic rings. The van der Waals surface area contributed by atoms with E-state index in [0.717, 1.165) is 11.1 Å². The Bertz CT molecular complexity index is 788. The zero-order valence-corrected chi connectivity index (χ0v) is 14.1. The van der Waals surface area contributed by atoms with Gasteiger partial charge >= 0.3 is 0 Å². The molecule has 0 radical (unpaired) electrons. The molecule has 0 spiro atoms. The summed E-state index contributed by atoms with van der Waals surface area (Å²) in [7, 11) is 0. The van der Waals surface area contributed by atoms with E-state index in [1.807, 2.05) is 25.1 Å². The first-order chi connectivity index (χ1) is 11.5. The van der Waals surface area contributed by atoms with Gasteiger partial charge in [-0.2, -0.15) is 0 Å². The molecule has 1 amide bonds. The maximum Gasteiger partial charge on any atom is 0.258 e. The van der Waals surface area contributed by atoms with E-state index in [1.54, 1.807) is 24.3 Å². The average molecular weight is 344 g/mol. The van der Waals surface area contributed by atoms with Crippen molar-refractivity contribution in [2.75, 3.05) is 6.61 Å². The Kier molecular flexibility index (Phi) is 4.86. The van der Waals surface area contributed by atoms with Gasteiger partial charge in [0.2, 0.25) is 0 Å². The summed E-state index contributed by atoms with van der Waals surface area (Å²) in [6.07, 6.45) is 1.18. The molecule has 2 aromatic carbocycles. The first-order valence-corrected chi connectivity index (χ1v) is 8.25.